The number of nitrogens with two attached hydrogens (primary N) is 1. The first-order valence-electron chi connectivity index (χ1n) is 9.00. The van der Waals surface area contributed by atoms with Gasteiger partial charge in [-0.3, -0.25) is 19.3 Å². The number of benzene rings is 2. The number of imide groups is 1. The summed E-state index contributed by atoms with van der Waals surface area (Å²) in [4.78, 5) is 37.7. The summed E-state index contributed by atoms with van der Waals surface area (Å²) in [6.07, 6.45) is 0.493. The van der Waals surface area contributed by atoms with Gasteiger partial charge in [0.1, 0.15) is 0 Å². The Morgan fingerprint density at radius 1 is 1.04 bits per heavy atom. The summed E-state index contributed by atoms with van der Waals surface area (Å²) in [5.41, 5.74) is 8.43. The van der Waals surface area contributed by atoms with E-state index in [1.165, 1.54) is 4.90 Å². The number of amides is 3. The average molecular weight is 402 g/mol. The van der Waals surface area contributed by atoms with E-state index >= 15 is 0 Å². The predicted octanol–water partition coefficient (Wildman–Crippen LogP) is 3.03. The van der Waals surface area contributed by atoms with Crippen molar-refractivity contribution in [1.82, 2.24) is 4.90 Å². The lowest BCUT2D eigenvalue weighted by atomic mass is 9.94. The molecular weight excluding hydrogens is 378 g/mol. The lowest BCUT2D eigenvalue weighted by Gasteiger charge is -2.22. The third-order valence-corrected chi connectivity index (χ3v) is 4.90. The van der Waals surface area contributed by atoms with E-state index < -0.39 is 12.0 Å². The van der Waals surface area contributed by atoms with Crippen molar-refractivity contribution in [1.29, 1.82) is 0 Å². The Morgan fingerprint density at radius 3 is 2.25 bits per heavy atom. The van der Waals surface area contributed by atoms with Crippen molar-refractivity contribution < 1.29 is 14.4 Å². The van der Waals surface area contributed by atoms with Gasteiger partial charge >= 0.3 is 0 Å². The van der Waals surface area contributed by atoms with Crippen LogP contribution in [0.25, 0.3) is 0 Å². The van der Waals surface area contributed by atoms with E-state index in [1.807, 2.05) is 36.4 Å². The van der Waals surface area contributed by atoms with Crippen molar-refractivity contribution in [2.75, 3.05) is 5.32 Å². The first kappa shape index (κ1) is 21.6. The molecule has 28 heavy (non-hydrogen) atoms. The zero-order valence-corrected chi connectivity index (χ0v) is 16.4. The Labute approximate surface area is 170 Å². The first-order chi connectivity index (χ1) is 13.0. The maximum Gasteiger partial charge on any atom is 0.229 e. The summed E-state index contributed by atoms with van der Waals surface area (Å²) in [6, 6.07) is 16.2. The number of halogens is 1. The van der Waals surface area contributed by atoms with Gasteiger partial charge in [0.25, 0.3) is 0 Å². The molecule has 7 heteroatoms. The highest BCUT2D eigenvalue weighted by Crippen LogP contribution is 2.24. The van der Waals surface area contributed by atoms with Gasteiger partial charge in [-0.2, -0.15) is 0 Å². The monoisotopic (exact) mass is 401 g/mol. The number of anilines is 1. The fourth-order valence-electron chi connectivity index (χ4n) is 3.12. The second kappa shape index (κ2) is 9.48. The number of nitrogens with zero attached hydrogens (tertiary/aromatic N) is 1. The predicted molar refractivity (Wildman–Crippen MR) is 110 cm³/mol. The smallest absolute Gasteiger partial charge is 0.229 e. The molecule has 6 nitrogen and oxygen atoms in total. The molecule has 1 saturated heterocycles. The SMILES string of the molecule is CC(C(=O)Nc1ccccc1CN1C(=O)CCC1=O)C(N)c1ccccc1.Cl. The topological polar surface area (TPSA) is 92.5 Å². The van der Waals surface area contributed by atoms with Crippen LogP contribution in [0.5, 0.6) is 0 Å². The molecule has 1 fully saturated rings. The number of likely N-dealkylation sites (tertiary alicyclic amines) is 1. The largest absolute Gasteiger partial charge is 0.325 e. The van der Waals surface area contributed by atoms with E-state index in [4.69, 9.17) is 5.73 Å². The maximum absolute atomic E-state index is 12.7. The van der Waals surface area contributed by atoms with Gasteiger partial charge in [0, 0.05) is 24.6 Å². The molecule has 0 saturated carbocycles. The van der Waals surface area contributed by atoms with Crippen LogP contribution in [-0.2, 0) is 20.9 Å². The molecule has 1 aliphatic heterocycles. The standard InChI is InChI=1S/C21H23N3O3.ClH/c1-14(20(22)15-7-3-2-4-8-15)21(27)23-17-10-6-5-9-16(17)13-24-18(25)11-12-19(24)26;/h2-10,14,20H,11-13,22H2,1H3,(H,23,27);1H. The molecule has 0 spiro atoms. The van der Waals surface area contributed by atoms with Crippen LogP contribution in [-0.4, -0.2) is 22.6 Å². The third-order valence-electron chi connectivity index (χ3n) is 4.90. The van der Waals surface area contributed by atoms with Crippen molar-refractivity contribution in [3.8, 4) is 0 Å². The minimum atomic E-state index is -0.449. The second-order valence-corrected chi connectivity index (χ2v) is 6.75. The molecule has 0 aliphatic carbocycles. The minimum absolute atomic E-state index is 0. The molecule has 148 valence electrons. The van der Waals surface area contributed by atoms with Gasteiger partial charge in [0.15, 0.2) is 0 Å². The van der Waals surface area contributed by atoms with Crippen molar-refractivity contribution in [2.24, 2.45) is 11.7 Å². The van der Waals surface area contributed by atoms with E-state index in [9.17, 15) is 14.4 Å². The van der Waals surface area contributed by atoms with Crippen LogP contribution in [0.1, 0.15) is 36.9 Å². The highest BCUT2D eigenvalue weighted by Gasteiger charge is 2.29. The summed E-state index contributed by atoms with van der Waals surface area (Å²) in [7, 11) is 0. The first-order valence-corrected chi connectivity index (χ1v) is 9.00. The minimum Gasteiger partial charge on any atom is -0.325 e. The molecule has 2 unspecified atom stereocenters. The second-order valence-electron chi connectivity index (χ2n) is 6.75. The molecule has 2 aromatic carbocycles. The molecule has 0 aromatic heterocycles. The highest BCUT2D eigenvalue weighted by atomic mass is 35.5. The number of para-hydroxylation sites is 1. The summed E-state index contributed by atoms with van der Waals surface area (Å²) >= 11 is 0. The molecule has 3 amide bonds. The van der Waals surface area contributed by atoms with Crippen LogP contribution in [0.2, 0.25) is 0 Å². The lowest BCUT2D eigenvalue weighted by Crippen LogP contribution is -2.32. The number of carbonyl (C=O) groups excluding carboxylic acids is 3. The van der Waals surface area contributed by atoms with Crippen LogP contribution in [0.15, 0.2) is 54.6 Å². The summed E-state index contributed by atoms with van der Waals surface area (Å²) in [6.45, 7) is 1.94. The molecule has 2 aromatic rings. The number of nitrogens with one attached hydrogen (secondary N) is 1. The number of hydrogen-bond acceptors (Lipinski definition) is 4. The zero-order valence-electron chi connectivity index (χ0n) is 15.6. The maximum atomic E-state index is 12.7. The van der Waals surface area contributed by atoms with Gasteiger partial charge in [0.2, 0.25) is 17.7 Å². The Hall–Kier alpha value is -2.70. The molecule has 1 aliphatic rings. The summed E-state index contributed by atoms with van der Waals surface area (Å²) in [5, 5.41) is 2.90. The average Bonchev–Trinajstić information content (AvgIpc) is 3.01. The molecule has 2 atom stereocenters. The summed E-state index contributed by atoms with van der Waals surface area (Å²) < 4.78 is 0. The van der Waals surface area contributed by atoms with E-state index in [1.54, 1.807) is 25.1 Å². The fraction of sp³-hybridized carbons (Fsp3) is 0.286. The highest BCUT2D eigenvalue weighted by molar-refractivity contribution is 6.02. The molecule has 0 bridgehead atoms. The fourth-order valence-corrected chi connectivity index (χ4v) is 3.12. The zero-order chi connectivity index (χ0) is 19.4. The van der Waals surface area contributed by atoms with E-state index in [2.05, 4.69) is 5.32 Å². The molecule has 0 radical (unpaired) electrons. The Bertz CT molecular complexity index is 841. The number of carbonyl (C=O) groups is 3. The molecule has 3 N–H and O–H groups in total. The molecule has 3 rings (SSSR count). The van der Waals surface area contributed by atoms with Gasteiger partial charge in [-0.15, -0.1) is 12.4 Å². The third kappa shape index (κ3) is 4.77. The van der Waals surface area contributed by atoms with Crippen LogP contribution in [0.3, 0.4) is 0 Å². The van der Waals surface area contributed by atoms with Gasteiger partial charge in [0.05, 0.1) is 12.5 Å². The van der Waals surface area contributed by atoms with Crippen molar-refractivity contribution >= 4 is 35.8 Å². The van der Waals surface area contributed by atoms with E-state index in [0.29, 0.717) is 5.69 Å². The van der Waals surface area contributed by atoms with E-state index in [-0.39, 0.29) is 49.5 Å². The van der Waals surface area contributed by atoms with Crippen molar-refractivity contribution in [3.63, 3.8) is 0 Å². The number of rotatable bonds is 6. The lowest BCUT2D eigenvalue weighted by molar-refractivity contribution is -0.139. The van der Waals surface area contributed by atoms with Gasteiger partial charge in [-0.25, -0.2) is 0 Å². The van der Waals surface area contributed by atoms with Crippen LogP contribution in [0.4, 0.5) is 5.69 Å². The van der Waals surface area contributed by atoms with Crippen LogP contribution in [0, 0.1) is 5.92 Å². The summed E-state index contributed by atoms with van der Waals surface area (Å²) in [5.74, 6) is -1.02. The van der Waals surface area contributed by atoms with E-state index in [0.717, 1.165) is 11.1 Å². The van der Waals surface area contributed by atoms with Gasteiger partial charge in [-0.05, 0) is 17.2 Å². The normalized spacial score (nSPS) is 15.7. The Kier molecular flexibility index (Phi) is 7.31. The Morgan fingerprint density at radius 2 is 1.61 bits per heavy atom. The van der Waals surface area contributed by atoms with Gasteiger partial charge in [-0.1, -0.05) is 55.5 Å². The number of hydrogen-bond donors (Lipinski definition) is 2. The van der Waals surface area contributed by atoms with Gasteiger partial charge < -0.3 is 11.1 Å². The van der Waals surface area contributed by atoms with Crippen molar-refractivity contribution in [2.45, 2.75) is 32.4 Å². The van der Waals surface area contributed by atoms with Crippen LogP contribution < -0.4 is 11.1 Å². The Balaban J connectivity index is 0.00000280. The quantitative estimate of drug-likeness (QED) is 0.727. The molecular formula is C21H24ClN3O3. The van der Waals surface area contributed by atoms with Crippen LogP contribution >= 0.6 is 12.4 Å². The van der Waals surface area contributed by atoms with Crippen molar-refractivity contribution in [3.05, 3.63) is 65.7 Å². The molecule has 1 heterocycles.